The zero-order valence-electron chi connectivity index (χ0n) is 17.0. The molecule has 0 atom stereocenters. The van der Waals surface area contributed by atoms with Crippen LogP contribution in [0.4, 0.5) is 17.1 Å². The van der Waals surface area contributed by atoms with Crippen molar-refractivity contribution >= 4 is 23.0 Å². The fraction of sp³-hybridized carbons (Fsp3) is 0.409. The molecule has 0 unspecified atom stereocenters. The standard InChI is InChI=1S/C22H26N4O4/c1-2-30-19-5-3-4-16(14-19)22(27)25-12-10-24(11-13-25)18-8-9-21(26(28)29)20(15-18)23-17-6-7-17/h3-5,8-9,14-15,17,23H,2,6-7,10-13H2,1H3. The second-order valence-electron chi connectivity index (χ2n) is 7.62. The zero-order valence-corrected chi connectivity index (χ0v) is 17.0. The monoisotopic (exact) mass is 410 g/mol. The van der Waals surface area contributed by atoms with Crippen molar-refractivity contribution in [3.05, 3.63) is 58.1 Å². The first-order chi connectivity index (χ1) is 14.5. The molecule has 1 saturated carbocycles. The fourth-order valence-corrected chi connectivity index (χ4v) is 3.68. The quantitative estimate of drug-likeness (QED) is 0.555. The van der Waals surface area contributed by atoms with Crippen LogP contribution in [-0.4, -0.2) is 54.6 Å². The third kappa shape index (κ3) is 4.48. The smallest absolute Gasteiger partial charge is 0.292 e. The summed E-state index contributed by atoms with van der Waals surface area (Å²) in [6.07, 6.45) is 2.10. The van der Waals surface area contributed by atoms with Gasteiger partial charge in [-0.3, -0.25) is 14.9 Å². The van der Waals surface area contributed by atoms with Gasteiger partial charge in [0.15, 0.2) is 0 Å². The fourth-order valence-electron chi connectivity index (χ4n) is 3.68. The Labute approximate surface area is 175 Å². The minimum absolute atomic E-state index is 0.00371. The van der Waals surface area contributed by atoms with E-state index in [1.54, 1.807) is 18.2 Å². The van der Waals surface area contributed by atoms with Crippen LogP contribution >= 0.6 is 0 Å². The number of anilines is 2. The summed E-state index contributed by atoms with van der Waals surface area (Å²) in [6.45, 7) is 5.02. The second-order valence-corrected chi connectivity index (χ2v) is 7.62. The molecule has 2 fully saturated rings. The molecule has 2 aromatic carbocycles. The Morgan fingerprint density at radius 3 is 2.60 bits per heavy atom. The lowest BCUT2D eigenvalue weighted by atomic mass is 10.1. The number of hydrogen-bond acceptors (Lipinski definition) is 6. The van der Waals surface area contributed by atoms with E-state index in [-0.39, 0.29) is 16.5 Å². The number of hydrogen-bond donors (Lipinski definition) is 1. The zero-order chi connectivity index (χ0) is 21.1. The number of nitrogens with zero attached hydrogens (tertiary/aromatic N) is 3. The first kappa shape index (κ1) is 20.0. The van der Waals surface area contributed by atoms with Gasteiger partial charge in [0.2, 0.25) is 0 Å². The van der Waals surface area contributed by atoms with Crippen LogP contribution in [-0.2, 0) is 0 Å². The average Bonchev–Trinajstić information content (AvgIpc) is 3.57. The number of nitro groups is 1. The summed E-state index contributed by atoms with van der Waals surface area (Å²) < 4.78 is 5.50. The van der Waals surface area contributed by atoms with Crippen LogP contribution in [0.5, 0.6) is 5.75 Å². The Morgan fingerprint density at radius 2 is 1.93 bits per heavy atom. The summed E-state index contributed by atoms with van der Waals surface area (Å²) in [6, 6.07) is 12.8. The molecule has 30 heavy (non-hydrogen) atoms. The first-order valence-electron chi connectivity index (χ1n) is 10.4. The van der Waals surface area contributed by atoms with E-state index in [4.69, 9.17) is 4.74 Å². The molecule has 1 amide bonds. The third-order valence-electron chi connectivity index (χ3n) is 5.44. The Kier molecular flexibility index (Phi) is 5.74. The Balaban J connectivity index is 1.42. The Bertz CT molecular complexity index is 936. The molecule has 8 nitrogen and oxygen atoms in total. The molecule has 0 aromatic heterocycles. The molecule has 1 N–H and O–H groups in total. The third-order valence-corrected chi connectivity index (χ3v) is 5.44. The SMILES string of the molecule is CCOc1cccc(C(=O)N2CCN(c3ccc([N+](=O)[O-])c(NC4CC4)c3)CC2)c1. The average molecular weight is 410 g/mol. The highest BCUT2D eigenvalue weighted by atomic mass is 16.6. The van der Waals surface area contributed by atoms with E-state index in [9.17, 15) is 14.9 Å². The predicted octanol–water partition coefficient (Wildman–Crippen LogP) is 3.53. The van der Waals surface area contributed by atoms with Crippen LogP contribution in [0.3, 0.4) is 0 Å². The Morgan fingerprint density at radius 1 is 1.17 bits per heavy atom. The number of ether oxygens (including phenoxy) is 1. The van der Waals surface area contributed by atoms with E-state index in [0.717, 1.165) is 18.5 Å². The van der Waals surface area contributed by atoms with Gasteiger partial charge in [-0.05, 0) is 50.1 Å². The number of nitro benzene ring substituents is 1. The normalized spacial score (nSPS) is 16.3. The molecule has 158 valence electrons. The highest BCUT2D eigenvalue weighted by molar-refractivity contribution is 5.94. The topological polar surface area (TPSA) is 88.0 Å². The van der Waals surface area contributed by atoms with E-state index in [1.807, 2.05) is 36.1 Å². The van der Waals surface area contributed by atoms with Gasteiger partial charge < -0.3 is 19.9 Å². The molecule has 1 heterocycles. The summed E-state index contributed by atoms with van der Waals surface area (Å²) in [5, 5.41) is 14.6. The molecule has 8 heteroatoms. The van der Waals surface area contributed by atoms with Crippen molar-refractivity contribution in [1.29, 1.82) is 0 Å². The molecule has 1 aliphatic heterocycles. The van der Waals surface area contributed by atoms with Crippen molar-refractivity contribution in [2.24, 2.45) is 0 Å². The van der Waals surface area contributed by atoms with Crippen molar-refractivity contribution in [1.82, 2.24) is 4.90 Å². The molecule has 2 aromatic rings. The van der Waals surface area contributed by atoms with Gasteiger partial charge in [0, 0.05) is 49.5 Å². The number of rotatable bonds is 7. The summed E-state index contributed by atoms with van der Waals surface area (Å²) in [5.74, 6) is 0.694. The maximum Gasteiger partial charge on any atom is 0.292 e. The second kappa shape index (κ2) is 8.61. The van der Waals surface area contributed by atoms with Gasteiger partial charge in [0.1, 0.15) is 11.4 Å². The first-order valence-corrected chi connectivity index (χ1v) is 10.4. The van der Waals surface area contributed by atoms with Gasteiger partial charge in [-0.2, -0.15) is 0 Å². The maximum atomic E-state index is 12.9. The Hall–Kier alpha value is -3.29. The van der Waals surface area contributed by atoms with Crippen molar-refractivity contribution in [3.8, 4) is 5.75 Å². The lowest BCUT2D eigenvalue weighted by Crippen LogP contribution is -2.48. The lowest BCUT2D eigenvalue weighted by Gasteiger charge is -2.36. The lowest BCUT2D eigenvalue weighted by molar-refractivity contribution is -0.384. The van der Waals surface area contributed by atoms with Crippen LogP contribution < -0.4 is 15.0 Å². The summed E-state index contributed by atoms with van der Waals surface area (Å²) >= 11 is 0. The van der Waals surface area contributed by atoms with E-state index < -0.39 is 0 Å². The number of carbonyl (C=O) groups is 1. The van der Waals surface area contributed by atoms with Crippen LogP contribution in [0, 0.1) is 10.1 Å². The van der Waals surface area contributed by atoms with Crippen LogP contribution in [0.25, 0.3) is 0 Å². The number of benzene rings is 2. The van der Waals surface area contributed by atoms with Gasteiger partial charge in [-0.25, -0.2) is 0 Å². The van der Waals surface area contributed by atoms with Gasteiger partial charge in [-0.1, -0.05) is 6.07 Å². The number of amides is 1. The highest BCUT2D eigenvalue weighted by Crippen LogP contribution is 2.34. The van der Waals surface area contributed by atoms with Crippen molar-refractivity contribution in [2.75, 3.05) is 43.0 Å². The molecule has 4 rings (SSSR count). The van der Waals surface area contributed by atoms with Gasteiger partial charge in [0.25, 0.3) is 11.6 Å². The van der Waals surface area contributed by atoms with Crippen molar-refractivity contribution in [3.63, 3.8) is 0 Å². The molecular weight excluding hydrogens is 384 g/mol. The summed E-state index contributed by atoms with van der Waals surface area (Å²) in [7, 11) is 0. The van der Waals surface area contributed by atoms with Crippen LogP contribution in [0.2, 0.25) is 0 Å². The van der Waals surface area contributed by atoms with Crippen LogP contribution in [0.15, 0.2) is 42.5 Å². The predicted molar refractivity (Wildman–Crippen MR) is 115 cm³/mol. The summed E-state index contributed by atoms with van der Waals surface area (Å²) in [4.78, 5) is 27.9. The minimum atomic E-state index is -0.346. The van der Waals surface area contributed by atoms with Crippen molar-refractivity contribution in [2.45, 2.75) is 25.8 Å². The number of nitrogens with one attached hydrogen (secondary N) is 1. The van der Waals surface area contributed by atoms with E-state index in [2.05, 4.69) is 10.2 Å². The minimum Gasteiger partial charge on any atom is -0.494 e. The summed E-state index contributed by atoms with van der Waals surface area (Å²) in [5.41, 5.74) is 2.25. The van der Waals surface area contributed by atoms with Crippen LogP contribution in [0.1, 0.15) is 30.1 Å². The molecular formula is C22H26N4O4. The van der Waals surface area contributed by atoms with E-state index in [0.29, 0.717) is 55.8 Å². The number of carbonyl (C=O) groups excluding carboxylic acids is 1. The van der Waals surface area contributed by atoms with Crippen molar-refractivity contribution < 1.29 is 14.5 Å². The highest BCUT2D eigenvalue weighted by Gasteiger charge is 2.27. The van der Waals surface area contributed by atoms with E-state index >= 15 is 0 Å². The molecule has 0 radical (unpaired) electrons. The molecule has 1 aliphatic carbocycles. The molecule has 0 bridgehead atoms. The maximum absolute atomic E-state index is 12.9. The molecule has 2 aliphatic rings. The van der Waals surface area contributed by atoms with Gasteiger partial charge in [-0.15, -0.1) is 0 Å². The van der Waals surface area contributed by atoms with Gasteiger partial charge >= 0.3 is 0 Å². The van der Waals surface area contributed by atoms with Gasteiger partial charge in [0.05, 0.1) is 11.5 Å². The number of piperazine rings is 1. The largest absolute Gasteiger partial charge is 0.494 e. The van der Waals surface area contributed by atoms with E-state index in [1.165, 1.54) is 0 Å². The molecule has 0 spiro atoms. The molecule has 1 saturated heterocycles.